The number of anilines is 1. The van der Waals surface area contributed by atoms with Gasteiger partial charge in [-0.3, -0.25) is 4.72 Å². The van der Waals surface area contributed by atoms with Crippen LogP contribution in [-0.2, 0) is 10.0 Å². The van der Waals surface area contributed by atoms with Crippen molar-refractivity contribution >= 4 is 42.6 Å². The van der Waals surface area contributed by atoms with E-state index in [1.165, 1.54) is 13.4 Å². The van der Waals surface area contributed by atoms with Gasteiger partial charge in [0.1, 0.15) is 10.6 Å². The number of ether oxygens (including phenoxy) is 1. The molecule has 1 aromatic heterocycles. The lowest BCUT2D eigenvalue weighted by atomic mass is 10.2. The second-order valence-electron chi connectivity index (χ2n) is 5.05. The quantitative estimate of drug-likeness (QED) is 0.714. The topological polar surface area (TPSA) is 68.5 Å². The molecule has 5 nitrogen and oxygen atoms in total. The zero-order chi connectivity index (χ0) is 16.6. The highest BCUT2D eigenvalue weighted by Crippen LogP contribution is 2.32. The molecular weight excluding hydrogens is 382 g/mol. The van der Waals surface area contributed by atoms with Crippen molar-refractivity contribution in [3.05, 3.63) is 52.7 Å². The van der Waals surface area contributed by atoms with Crippen molar-refractivity contribution in [3.8, 4) is 5.75 Å². The Labute approximate surface area is 142 Å². The van der Waals surface area contributed by atoms with E-state index in [4.69, 9.17) is 9.15 Å². The molecule has 0 radical (unpaired) electrons. The van der Waals surface area contributed by atoms with Crippen LogP contribution >= 0.6 is 15.9 Å². The van der Waals surface area contributed by atoms with Gasteiger partial charge in [-0.25, -0.2) is 8.42 Å². The number of fused-ring (bicyclic) bond motifs is 1. The van der Waals surface area contributed by atoms with Crippen molar-refractivity contribution in [1.82, 2.24) is 0 Å². The molecule has 1 heterocycles. The van der Waals surface area contributed by atoms with Crippen LogP contribution in [-0.4, -0.2) is 15.5 Å². The third-order valence-corrected chi connectivity index (χ3v) is 5.21. The molecule has 0 aliphatic rings. The number of hydrogen-bond acceptors (Lipinski definition) is 4. The predicted molar refractivity (Wildman–Crippen MR) is 92.5 cm³/mol. The molecule has 0 spiro atoms. The summed E-state index contributed by atoms with van der Waals surface area (Å²) in [6, 6.07) is 10.3. The fourth-order valence-electron chi connectivity index (χ4n) is 2.31. The van der Waals surface area contributed by atoms with Gasteiger partial charge in [-0.2, -0.15) is 0 Å². The highest BCUT2D eigenvalue weighted by atomic mass is 79.9. The van der Waals surface area contributed by atoms with E-state index in [2.05, 4.69) is 20.7 Å². The van der Waals surface area contributed by atoms with E-state index in [1.54, 1.807) is 30.3 Å². The van der Waals surface area contributed by atoms with Gasteiger partial charge < -0.3 is 9.15 Å². The Balaban J connectivity index is 2.11. The van der Waals surface area contributed by atoms with Gasteiger partial charge in [0.05, 0.1) is 19.1 Å². The molecule has 1 N–H and O–H groups in total. The molecule has 0 amide bonds. The SMILES string of the molecule is COc1ccc(C)cc1S(=O)(=O)Nc1cc(Br)cc2ccoc12. The molecule has 0 aliphatic carbocycles. The van der Waals surface area contributed by atoms with Gasteiger partial charge in [0.15, 0.2) is 5.58 Å². The largest absolute Gasteiger partial charge is 0.495 e. The van der Waals surface area contributed by atoms with Crippen LogP contribution in [0.1, 0.15) is 5.56 Å². The highest BCUT2D eigenvalue weighted by molar-refractivity contribution is 9.10. The lowest BCUT2D eigenvalue weighted by Crippen LogP contribution is -2.14. The first-order valence-corrected chi connectivity index (χ1v) is 9.02. The Morgan fingerprint density at radius 2 is 1.96 bits per heavy atom. The van der Waals surface area contributed by atoms with Gasteiger partial charge in [-0.15, -0.1) is 0 Å². The van der Waals surface area contributed by atoms with E-state index in [0.717, 1.165) is 15.4 Å². The van der Waals surface area contributed by atoms with Crippen LogP contribution in [0, 0.1) is 6.92 Å². The number of hydrogen-bond donors (Lipinski definition) is 1. The van der Waals surface area contributed by atoms with E-state index < -0.39 is 10.0 Å². The second kappa shape index (κ2) is 5.90. The number of sulfonamides is 1. The number of furan rings is 1. The van der Waals surface area contributed by atoms with E-state index >= 15 is 0 Å². The van der Waals surface area contributed by atoms with Gasteiger partial charge in [0, 0.05) is 9.86 Å². The summed E-state index contributed by atoms with van der Waals surface area (Å²) in [6.45, 7) is 1.82. The second-order valence-corrected chi connectivity index (χ2v) is 7.62. The Bertz CT molecular complexity index is 979. The normalized spacial score (nSPS) is 11.6. The molecular formula is C16H14BrNO4S. The number of nitrogens with one attached hydrogen (secondary N) is 1. The fourth-order valence-corrected chi connectivity index (χ4v) is 4.10. The first kappa shape index (κ1) is 15.9. The average Bonchev–Trinajstić information content (AvgIpc) is 2.95. The number of halogens is 1. The molecule has 120 valence electrons. The van der Waals surface area contributed by atoms with Crippen molar-refractivity contribution in [3.63, 3.8) is 0 Å². The molecule has 3 rings (SSSR count). The number of rotatable bonds is 4. The summed E-state index contributed by atoms with van der Waals surface area (Å²) in [5.74, 6) is 0.286. The summed E-state index contributed by atoms with van der Waals surface area (Å²) >= 11 is 3.37. The van der Waals surface area contributed by atoms with Crippen molar-refractivity contribution in [2.75, 3.05) is 11.8 Å². The lowest BCUT2D eigenvalue weighted by molar-refractivity contribution is 0.402. The summed E-state index contributed by atoms with van der Waals surface area (Å²) in [6.07, 6.45) is 1.52. The molecule has 3 aromatic rings. The number of aryl methyl sites for hydroxylation is 1. The summed E-state index contributed by atoms with van der Waals surface area (Å²) < 4.78 is 39.4. The van der Waals surface area contributed by atoms with Crippen LogP contribution in [0.3, 0.4) is 0 Å². The molecule has 7 heteroatoms. The van der Waals surface area contributed by atoms with Crippen LogP contribution in [0.4, 0.5) is 5.69 Å². The molecule has 0 aliphatic heterocycles. The van der Waals surface area contributed by atoms with Gasteiger partial charge in [0.2, 0.25) is 0 Å². The smallest absolute Gasteiger partial charge is 0.265 e. The van der Waals surface area contributed by atoms with Crippen molar-refractivity contribution in [2.45, 2.75) is 11.8 Å². The molecule has 0 bridgehead atoms. The van der Waals surface area contributed by atoms with Crippen LogP contribution in [0.25, 0.3) is 11.0 Å². The van der Waals surface area contributed by atoms with Crippen molar-refractivity contribution in [2.24, 2.45) is 0 Å². The number of methoxy groups -OCH3 is 1. The zero-order valence-corrected chi connectivity index (χ0v) is 14.9. The van der Waals surface area contributed by atoms with Crippen LogP contribution in [0.5, 0.6) is 5.75 Å². The Morgan fingerprint density at radius 1 is 1.17 bits per heavy atom. The molecule has 2 aromatic carbocycles. The molecule has 0 atom stereocenters. The molecule has 0 saturated carbocycles. The zero-order valence-electron chi connectivity index (χ0n) is 12.5. The monoisotopic (exact) mass is 395 g/mol. The highest BCUT2D eigenvalue weighted by Gasteiger charge is 2.21. The van der Waals surface area contributed by atoms with Gasteiger partial charge in [-0.05, 0) is 42.8 Å². The van der Waals surface area contributed by atoms with Crippen LogP contribution < -0.4 is 9.46 Å². The summed E-state index contributed by atoms with van der Waals surface area (Å²) in [5.41, 5.74) is 1.66. The van der Waals surface area contributed by atoms with Crippen molar-refractivity contribution < 1.29 is 17.6 Å². The minimum Gasteiger partial charge on any atom is -0.495 e. The van der Waals surface area contributed by atoms with Crippen molar-refractivity contribution in [1.29, 1.82) is 0 Å². The maximum Gasteiger partial charge on any atom is 0.265 e. The summed E-state index contributed by atoms with van der Waals surface area (Å²) in [5, 5.41) is 0.799. The fraction of sp³-hybridized carbons (Fsp3) is 0.125. The Morgan fingerprint density at radius 3 is 2.70 bits per heavy atom. The minimum atomic E-state index is -3.82. The third-order valence-electron chi connectivity index (χ3n) is 3.37. The van der Waals surface area contributed by atoms with E-state index in [-0.39, 0.29) is 10.6 Å². The van der Waals surface area contributed by atoms with E-state index in [0.29, 0.717) is 11.3 Å². The minimum absolute atomic E-state index is 0.0830. The lowest BCUT2D eigenvalue weighted by Gasteiger charge is -2.13. The first-order valence-electron chi connectivity index (χ1n) is 6.75. The number of benzene rings is 2. The first-order chi connectivity index (χ1) is 10.9. The summed E-state index contributed by atoms with van der Waals surface area (Å²) in [4.78, 5) is 0.0830. The predicted octanol–water partition coefficient (Wildman–Crippen LogP) is 4.31. The van der Waals surface area contributed by atoms with Crippen LogP contribution in [0.2, 0.25) is 0 Å². The van der Waals surface area contributed by atoms with Gasteiger partial charge in [0.25, 0.3) is 10.0 Å². The van der Waals surface area contributed by atoms with Gasteiger partial charge in [-0.1, -0.05) is 22.0 Å². The standard InChI is InChI=1S/C16H14BrNO4S/c1-10-3-4-14(21-2)15(7-10)23(19,20)18-13-9-12(17)8-11-5-6-22-16(11)13/h3-9,18H,1-2H3. The van der Waals surface area contributed by atoms with E-state index in [1.807, 2.05) is 13.0 Å². The Hall–Kier alpha value is -1.99. The maximum absolute atomic E-state index is 12.8. The Kier molecular flexibility index (Phi) is 4.08. The molecule has 0 fully saturated rings. The van der Waals surface area contributed by atoms with Crippen LogP contribution in [0.15, 0.2) is 56.4 Å². The third kappa shape index (κ3) is 3.07. The van der Waals surface area contributed by atoms with Gasteiger partial charge >= 0.3 is 0 Å². The molecule has 23 heavy (non-hydrogen) atoms. The maximum atomic E-state index is 12.8. The summed E-state index contributed by atoms with van der Waals surface area (Å²) in [7, 11) is -2.38. The molecule has 0 unspecified atom stereocenters. The molecule has 0 saturated heterocycles. The van der Waals surface area contributed by atoms with E-state index in [9.17, 15) is 8.42 Å². The average molecular weight is 396 g/mol.